The van der Waals surface area contributed by atoms with Crippen molar-refractivity contribution in [2.24, 2.45) is 0 Å². The van der Waals surface area contributed by atoms with Crippen molar-refractivity contribution in [2.75, 3.05) is 24.0 Å². The summed E-state index contributed by atoms with van der Waals surface area (Å²) >= 11 is 0. The minimum Gasteiger partial charge on any atom is -0.353 e. The van der Waals surface area contributed by atoms with Crippen LogP contribution in [0.15, 0.2) is 85.7 Å². The first-order valence-corrected chi connectivity index (χ1v) is 17.6. The van der Waals surface area contributed by atoms with Gasteiger partial charge in [0.2, 0.25) is 0 Å². The monoisotopic (exact) mass is 760 g/mol. The van der Waals surface area contributed by atoms with Gasteiger partial charge in [0.05, 0.1) is 48.2 Å². The number of rotatable bonds is 10. The SMILES string of the molecule is Cc1ccc(F)c(-c2cc(Nc3ccnc4cn(CCF)nc34)c(C)cn2)n1.Cc1ccc(F)c(-c2cc(Nc3ccnc4cnn(CCF)c34)c(C)cn2)n1. The average molecular weight is 761 g/mol. The number of aromatic nitrogens is 10. The van der Waals surface area contributed by atoms with Gasteiger partial charge in [-0.15, -0.1) is 0 Å². The zero-order chi connectivity index (χ0) is 39.3. The number of aryl methyl sites for hydroxylation is 6. The summed E-state index contributed by atoms with van der Waals surface area (Å²) in [6.07, 6.45) is 9.96. The van der Waals surface area contributed by atoms with Crippen molar-refractivity contribution >= 4 is 44.8 Å². The van der Waals surface area contributed by atoms with Crippen molar-refractivity contribution in [3.63, 3.8) is 0 Å². The number of anilines is 4. The Morgan fingerprint density at radius 2 is 1.16 bits per heavy atom. The molecule has 0 radical (unpaired) electrons. The second-order valence-corrected chi connectivity index (χ2v) is 12.9. The van der Waals surface area contributed by atoms with Gasteiger partial charge in [0.25, 0.3) is 0 Å². The normalized spacial score (nSPS) is 11.1. The summed E-state index contributed by atoms with van der Waals surface area (Å²) in [7, 11) is 0. The maximum atomic E-state index is 14.2. The molecule has 0 fully saturated rings. The first kappa shape index (κ1) is 37.5. The summed E-state index contributed by atoms with van der Waals surface area (Å²) < 4.78 is 57.1. The van der Waals surface area contributed by atoms with Crippen molar-refractivity contribution in [1.82, 2.24) is 49.5 Å². The van der Waals surface area contributed by atoms with Gasteiger partial charge < -0.3 is 10.6 Å². The fourth-order valence-corrected chi connectivity index (χ4v) is 5.94. The van der Waals surface area contributed by atoms with E-state index in [9.17, 15) is 17.6 Å². The molecule has 8 rings (SSSR count). The minimum absolute atomic E-state index is 0.142. The molecule has 8 aromatic heterocycles. The second kappa shape index (κ2) is 16.3. The smallest absolute Gasteiger partial charge is 0.151 e. The lowest BCUT2D eigenvalue weighted by Crippen LogP contribution is -2.04. The number of nitrogens with one attached hydrogen (secondary N) is 2. The Hall–Kier alpha value is -6.84. The molecule has 56 heavy (non-hydrogen) atoms. The molecule has 0 saturated carbocycles. The van der Waals surface area contributed by atoms with Crippen LogP contribution in [0.4, 0.5) is 40.3 Å². The van der Waals surface area contributed by atoms with E-state index in [1.807, 2.05) is 13.8 Å². The number of hydrogen-bond acceptors (Lipinski definition) is 10. The molecule has 8 aromatic rings. The van der Waals surface area contributed by atoms with E-state index in [0.717, 1.165) is 33.9 Å². The lowest BCUT2D eigenvalue weighted by molar-refractivity contribution is 0.428. The fourth-order valence-electron chi connectivity index (χ4n) is 5.94. The lowest BCUT2D eigenvalue weighted by Gasteiger charge is -2.13. The molecular formula is C40H36F4N12. The number of halogens is 4. The summed E-state index contributed by atoms with van der Waals surface area (Å²) in [5.41, 5.74) is 10.0. The van der Waals surface area contributed by atoms with E-state index in [1.165, 1.54) is 16.8 Å². The molecule has 284 valence electrons. The van der Waals surface area contributed by atoms with E-state index in [2.05, 4.69) is 50.7 Å². The van der Waals surface area contributed by atoms with Crippen molar-refractivity contribution in [2.45, 2.75) is 40.8 Å². The molecule has 0 spiro atoms. The number of nitrogens with zero attached hydrogens (tertiary/aromatic N) is 10. The molecule has 16 heteroatoms. The quantitative estimate of drug-likeness (QED) is 0.130. The van der Waals surface area contributed by atoms with Crippen LogP contribution < -0.4 is 10.6 Å². The molecular weight excluding hydrogens is 725 g/mol. The van der Waals surface area contributed by atoms with Crippen LogP contribution in [0.25, 0.3) is 44.8 Å². The zero-order valence-electron chi connectivity index (χ0n) is 30.9. The highest BCUT2D eigenvalue weighted by molar-refractivity contribution is 5.91. The van der Waals surface area contributed by atoms with Crippen molar-refractivity contribution in [3.8, 4) is 22.8 Å². The molecule has 0 aliphatic heterocycles. The zero-order valence-corrected chi connectivity index (χ0v) is 30.9. The molecule has 0 bridgehead atoms. The van der Waals surface area contributed by atoms with Gasteiger partial charge in [-0.2, -0.15) is 10.2 Å². The largest absolute Gasteiger partial charge is 0.353 e. The van der Waals surface area contributed by atoms with Gasteiger partial charge in [0.15, 0.2) is 11.6 Å². The maximum Gasteiger partial charge on any atom is 0.151 e. The average Bonchev–Trinajstić information content (AvgIpc) is 3.81. The number of fused-ring (bicyclic) bond motifs is 2. The summed E-state index contributed by atoms with van der Waals surface area (Å²) in [5, 5.41) is 15.2. The van der Waals surface area contributed by atoms with E-state index in [4.69, 9.17) is 0 Å². The molecule has 0 aromatic carbocycles. The van der Waals surface area contributed by atoms with Crippen LogP contribution in [0.2, 0.25) is 0 Å². The Morgan fingerprint density at radius 1 is 0.607 bits per heavy atom. The van der Waals surface area contributed by atoms with E-state index in [1.54, 1.807) is 92.1 Å². The maximum absolute atomic E-state index is 14.2. The molecule has 0 aliphatic carbocycles. The van der Waals surface area contributed by atoms with Gasteiger partial charge in [-0.1, -0.05) is 0 Å². The molecule has 0 saturated heterocycles. The predicted octanol–water partition coefficient (Wildman–Crippen LogP) is 8.71. The van der Waals surface area contributed by atoms with E-state index in [0.29, 0.717) is 44.8 Å². The van der Waals surface area contributed by atoms with Crippen LogP contribution >= 0.6 is 0 Å². The van der Waals surface area contributed by atoms with Crippen LogP contribution in [0.5, 0.6) is 0 Å². The predicted molar refractivity (Wildman–Crippen MR) is 207 cm³/mol. The molecule has 0 atom stereocenters. The molecule has 0 amide bonds. The minimum atomic E-state index is -0.526. The molecule has 12 nitrogen and oxygen atoms in total. The van der Waals surface area contributed by atoms with Crippen LogP contribution in [-0.4, -0.2) is 62.8 Å². The summed E-state index contributed by atoms with van der Waals surface area (Å²) in [5.74, 6) is -0.857. The van der Waals surface area contributed by atoms with E-state index in [-0.39, 0.29) is 24.5 Å². The third kappa shape index (κ3) is 7.99. The van der Waals surface area contributed by atoms with Gasteiger partial charge >= 0.3 is 0 Å². The molecule has 8 heterocycles. The molecule has 0 aliphatic rings. The van der Waals surface area contributed by atoms with Gasteiger partial charge in [0, 0.05) is 47.6 Å². The Kier molecular flexibility index (Phi) is 10.9. The van der Waals surface area contributed by atoms with Crippen molar-refractivity contribution in [3.05, 3.63) is 120 Å². The first-order chi connectivity index (χ1) is 27.1. The van der Waals surface area contributed by atoms with Gasteiger partial charge in [-0.25, -0.2) is 27.5 Å². The van der Waals surface area contributed by atoms with Gasteiger partial charge in [-0.3, -0.25) is 29.3 Å². The number of hydrogen-bond donors (Lipinski definition) is 2. The third-order valence-electron chi connectivity index (χ3n) is 8.79. The third-order valence-corrected chi connectivity index (χ3v) is 8.79. The van der Waals surface area contributed by atoms with Crippen LogP contribution in [0, 0.1) is 39.3 Å². The number of alkyl halides is 2. The Morgan fingerprint density at radius 3 is 1.75 bits per heavy atom. The Labute approximate surface area is 318 Å². The van der Waals surface area contributed by atoms with Crippen LogP contribution in [0.1, 0.15) is 22.5 Å². The Balaban J connectivity index is 0.000000172. The Bertz CT molecular complexity index is 2670. The molecule has 2 N–H and O–H groups in total. The highest BCUT2D eigenvalue weighted by Crippen LogP contribution is 2.31. The van der Waals surface area contributed by atoms with E-state index >= 15 is 0 Å². The fraction of sp³-hybridized carbons (Fsp3) is 0.200. The summed E-state index contributed by atoms with van der Waals surface area (Å²) in [6, 6.07) is 13.1. The van der Waals surface area contributed by atoms with E-state index < -0.39 is 25.0 Å². The number of pyridine rings is 6. The second-order valence-electron chi connectivity index (χ2n) is 12.9. The molecule has 0 unspecified atom stereocenters. The van der Waals surface area contributed by atoms with Crippen LogP contribution in [-0.2, 0) is 13.1 Å². The highest BCUT2D eigenvalue weighted by atomic mass is 19.1. The first-order valence-electron chi connectivity index (χ1n) is 17.6. The summed E-state index contributed by atoms with van der Waals surface area (Å²) in [4.78, 5) is 25.8. The highest BCUT2D eigenvalue weighted by Gasteiger charge is 2.16. The van der Waals surface area contributed by atoms with Crippen LogP contribution in [0.3, 0.4) is 0 Å². The van der Waals surface area contributed by atoms with Gasteiger partial charge in [0.1, 0.15) is 46.8 Å². The topological polar surface area (TPSA) is 137 Å². The summed E-state index contributed by atoms with van der Waals surface area (Å²) in [6.45, 7) is 6.69. The standard InChI is InChI=1S/2C20H18F2N6/c1-12-10-24-17(19-14(22)4-3-13(2)25-19)9-16(12)26-15-5-7-23-18-11-28(8-6-21)27-20(15)18;1-12-10-24-17(19-14(22)4-3-13(2)26-19)9-16(12)27-15-5-7-23-18-11-25-28(8-6-21)20(15)18/h3-5,7,9-11H,6,8H2,1-2H3,(H,24,26);3-5,7,9-11H,6,8H2,1-2H3,(H,23,24,27). The lowest BCUT2D eigenvalue weighted by atomic mass is 10.1. The van der Waals surface area contributed by atoms with Gasteiger partial charge in [-0.05, 0) is 87.4 Å². The van der Waals surface area contributed by atoms with Crippen molar-refractivity contribution in [1.29, 1.82) is 0 Å². The van der Waals surface area contributed by atoms with Crippen molar-refractivity contribution < 1.29 is 17.6 Å².